The zero-order valence-electron chi connectivity index (χ0n) is 16.3. The van der Waals surface area contributed by atoms with Crippen LogP contribution in [0.4, 0.5) is 0 Å². The Morgan fingerprint density at radius 2 is 1.79 bits per heavy atom. The van der Waals surface area contributed by atoms with E-state index in [0.29, 0.717) is 25.4 Å². The third-order valence-electron chi connectivity index (χ3n) is 6.13. The molecule has 2 saturated heterocycles. The number of aryl methyl sites for hydroxylation is 1. The molecule has 0 aliphatic carbocycles. The Morgan fingerprint density at radius 3 is 2.50 bits per heavy atom. The van der Waals surface area contributed by atoms with Gasteiger partial charge in [0.05, 0.1) is 6.04 Å². The highest BCUT2D eigenvalue weighted by atomic mass is 32.1. The topological polar surface area (TPSA) is 40.6 Å². The Balaban J connectivity index is 1.27. The lowest BCUT2D eigenvalue weighted by molar-refractivity contribution is -0.141. The number of thiophene rings is 1. The minimum Gasteiger partial charge on any atom is -0.343 e. The summed E-state index contributed by atoms with van der Waals surface area (Å²) in [7, 11) is 0. The summed E-state index contributed by atoms with van der Waals surface area (Å²) in [4.78, 5) is 29.7. The summed E-state index contributed by atoms with van der Waals surface area (Å²) in [6.07, 6.45) is 5.08. The van der Waals surface area contributed by atoms with Gasteiger partial charge in [0.25, 0.3) is 0 Å². The van der Waals surface area contributed by atoms with Crippen molar-refractivity contribution in [3.8, 4) is 0 Å². The number of likely N-dealkylation sites (tertiary alicyclic amines) is 2. The van der Waals surface area contributed by atoms with Crippen molar-refractivity contribution in [2.24, 2.45) is 5.92 Å². The van der Waals surface area contributed by atoms with Crippen molar-refractivity contribution in [1.82, 2.24) is 9.80 Å². The van der Waals surface area contributed by atoms with E-state index in [0.717, 1.165) is 38.6 Å². The quantitative estimate of drug-likeness (QED) is 0.757. The largest absolute Gasteiger partial charge is 0.343 e. The molecule has 1 aromatic heterocycles. The summed E-state index contributed by atoms with van der Waals surface area (Å²) >= 11 is 1.70. The molecule has 4 rings (SSSR count). The smallest absolute Gasteiger partial charge is 0.226 e. The van der Waals surface area contributed by atoms with Crippen molar-refractivity contribution < 1.29 is 9.59 Å². The van der Waals surface area contributed by atoms with Crippen molar-refractivity contribution >= 4 is 23.2 Å². The van der Waals surface area contributed by atoms with Crippen molar-refractivity contribution in [2.75, 3.05) is 19.6 Å². The van der Waals surface area contributed by atoms with Gasteiger partial charge in [-0.15, -0.1) is 0 Å². The van der Waals surface area contributed by atoms with E-state index in [4.69, 9.17) is 0 Å². The molecule has 0 spiro atoms. The van der Waals surface area contributed by atoms with Crippen LogP contribution in [0.1, 0.15) is 49.3 Å². The minimum atomic E-state index is 0.0670. The number of carbonyl (C=O) groups excluding carboxylic acids is 2. The zero-order chi connectivity index (χ0) is 19.3. The molecule has 3 heterocycles. The third-order valence-corrected chi connectivity index (χ3v) is 6.83. The van der Waals surface area contributed by atoms with Crippen LogP contribution in [0, 0.1) is 5.92 Å². The second kappa shape index (κ2) is 8.91. The van der Waals surface area contributed by atoms with Crippen LogP contribution in [-0.4, -0.2) is 41.2 Å². The second-order valence-corrected chi connectivity index (χ2v) is 8.67. The van der Waals surface area contributed by atoms with Gasteiger partial charge in [-0.1, -0.05) is 30.3 Å². The maximum atomic E-state index is 13.1. The van der Waals surface area contributed by atoms with E-state index in [1.807, 2.05) is 23.1 Å². The lowest BCUT2D eigenvalue weighted by atomic mass is 9.94. The summed E-state index contributed by atoms with van der Waals surface area (Å²) in [5.74, 6) is 0.578. The van der Waals surface area contributed by atoms with Crippen LogP contribution in [0.3, 0.4) is 0 Å². The van der Waals surface area contributed by atoms with Crippen molar-refractivity contribution in [2.45, 2.75) is 44.6 Å². The molecule has 2 amide bonds. The lowest BCUT2D eigenvalue weighted by Crippen LogP contribution is -2.44. The maximum absolute atomic E-state index is 13.1. The molecular formula is C23H28N2O2S. The number of amides is 2. The van der Waals surface area contributed by atoms with E-state index < -0.39 is 0 Å². The van der Waals surface area contributed by atoms with E-state index in [1.165, 1.54) is 11.1 Å². The van der Waals surface area contributed by atoms with Gasteiger partial charge in [0.2, 0.25) is 11.8 Å². The monoisotopic (exact) mass is 396 g/mol. The van der Waals surface area contributed by atoms with Crippen LogP contribution >= 0.6 is 11.3 Å². The van der Waals surface area contributed by atoms with Crippen LogP contribution in [0.2, 0.25) is 0 Å². The predicted octanol–water partition coefficient (Wildman–Crippen LogP) is 4.28. The number of hydrogen-bond acceptors (Lipinski definition) is 3. The molecule has 2 fully saturated rings. The van der Waals surface area contributed by atoms with Crippen molar-refractivity contribution in [3.05, 3.63) is 58.3 Å². The van der Waals surface area contributed by atoms with Crippen molar-refractivity contribution in [1.29, 1.82) is 0 Å². The molecule has 148 valence electrons. The average Bonchev–Trinajstić information content (AvgIpc) is 3.44. The summed E-state index contributed by atoms with van der Waals surface area (Å²) in [6, 6.07) is 12.6. The Bertz CT molecular complexity index is 782. The van der Waals surface area contributed by atoms with Gasteiger partial charge in [0.15, 0.2) is 0 Å². The van der Waals surface area contributed by atoms with Gasteiger partial charge in [0.1, 0.15) is 0 Å². The zero-order valence-corrected chi connectivity index (χ0v) is 17.1. The first-order chi connectivity index (χ1) is 13.7. The standard InChI is InChI=1S/C23H28N2O2S/c26-22(9-8-18-5-2-1-3-6-18)24-14-10-19(11-15-24)23(27)25-13-4-7-21(25)20-12-16-28-17-20/h1-3,5-6,12,16-17,19,21H,4,7-11,13-15H2/t21-/m1/s1. The van der Waals surface area contributed by atoms with Gasteiger partial charge in [-0.3, -0.25) is 9.59 Å². The number of nitrogens with zero attached hydrogens (tertiary/aromatic N) is 2. The molecule has 0 saturated carbocycles. The van der Waals surface area contributed by atoms with Crippen LogP contribution in [-0.2, 0) is 16.0 Å². The molecule has 2 aromatic rings. The van der Waals surface area contributed by atoms with E-state index in [1.54, 1.807) is 11.3 Å². The predicted molar refractivity (Wildman–Crippen MR) is 112 cm³/mol. The minimum absolute atomic E-state index is 0.0670. The van der Waals surface area contributed by atoms with E-state index in [2.05, 4.69) is 33.9 Å². The highest BCUT2D eigenvalue weighted by Crippen LogP contribution is 2.35. The Hall–Kier alpha value is -2.14. The van der Waals surface area contributed by atoms with Crippen LogP contribution in [0.5, 0.6) is 0 Å². The Labute approximate surface area is 171 Å². The molecule has 2 aliphatic rings. The van der Waals surface area contributed by atoms with Crippen LogP contribution in [0.15, 0.2) is 47.2 Å². The summed E-state index contributed by atoms with van der Waals surface area (Å²) in [5.41, 5.74) is 2.48. The molecule has 1 aromatic carbocycles. The maximum Gasteiger partial charge on any atom is 0.226 e. The fraction of sp³-hybridized carbons (Fsp3) is 0.478. The second-order valence-electron chi connectivity index (χ2n) is 7.89. The number of piperidine rings is 1. The highest BCUT2D eigenvalue weighted by molar-refractivity contribution is 7.08. The number of carbonyl (C=O) groups is 2. The molecule has 2 aliphatic heterocycles. The fourth-order valence-electron chi connectivity index (χ4n) is 4.51. The fourth-order valence-corrected chi connectivity index (χ4v) is 5.21. The highest BCUT2D eigenvalue weighted by Gasteiger charge is 2.36. The van der Waals surface area contributed by atoms with Crippen molar-refractivity contribution in [3.63, 3.8) is 0 Å². The number of rotatable bonds is 5. The van der Waals surface area contributed by atoms with E-state index in [9.17, 15) is 9.59 Å². The molecule has 0 radical (unpaired) electrons. The number of benzene rings is 1. The van der Waals surface area contributed by atoms with E-state index >= 15 is 0 Å². The first kappa shape index (κ1) is 19.2. The Kier molecular flexibility index (Phi) is 6.10. The van der Waals surface area contributed by atoms with Gasteiger partial charge in [-0.05, 0) is 60.1 Å². The SMILES string of the molecule is O=C(CCc1ccccc1)N1CCC(C(=O)N2CCC[C@@H]2c2ccsc2)CC1. The third kappa shape index (κ3) is 4.30. The Morgan fingerprint density at radius 1 is 1.00 bits per heavy atom. The average molecular weight is 397 g/mol. The summed E-state index contributed by atoms with van der Waals surface area (Å²) in [6.45, 7) is 2.29. The molecule has 5 heteroatoms. The number of hydrogen-bond donors (Lipinski definition) is 0. The molecule has 4 nitrogen and oxygen atoms in total. The van der Waals surface area contributed by atoms with Crippen LogP contribution < -0.4 is 0 Å². The van der Waals surface area contributed by atoms with Gasteiger partial charge >= 0.3 is 0 Å². The molecule has 0 N–H and O–H groups in total. The summed E-state index contributed by atoms with van der Waals surface area (Å²) in [5, 5.41) is 4.26. The first-order valence-corrected chi connectivity index (χ1v) is 11.3. The normalized spacial score (nSPS) is 20.5. The van der Waals surface area contributed by atoms with Gasteiger partial charge < -0.3 is 9.80 Å². The summed E-state index contributed by atoms with van der Waals surface area (Å²) < 4.78 is 0. The molecule has 0 bridgehead atoms. The van der Waals surface area contributed by atoms with Gasteiger partial charge in [-0.25, -0.2) is 0 Å². The van der Waals surface area contributed by atoms with Gasteiger partial charge in [0, 0.05) is 32.0 Å². The van der Waals surface area contributed by atoms with Gasteiger partial charge in [-0.2, -0.15) is 11.3 Å². The van der Waals surface area contributed by atoms with E-state index in [-0.39, 0.29) is 17.9 Å². The lowest BCUT2D eigenvalue weighted by Gasteiger charge is -2.35. The molecular weight excluding hydrogens is 368 g/mol. The first-order valence-electron chi connectivity index (χ1n) is 10.4. The molecule has 0 unspecified atom stereocenters. The van der Waals surface area contributed by atoms with Crippen LogP contribution in [0.25, 0.3) is 0 Å². The molecule has 1 atom stereocenters. The molecule has 28 heavy (non-hydrogen) atoms.